The van der Waals surface area contributed by atoms with Crippen molar-refractivity contribution in [2.45, 2.75) is 26.2 Å². The summed E-state index contributed by atoms with van der Waals surface area (Å²) < 4.78 is 0. The van der Waals surface area contributed by atoms with E-state index >= 15 is 0 Å². The van der Waals surface area contributed by atoms with Crippen LogP contribution >= 0.6 is 0 Å². The zero-order valence-electron chi connectivity index (χ0n) is 7.84. The standard InChI is InChI=1S/C11H18O/c1-4-10(2)7-8-11(3)6-5-9-12/h7-8,12H,2-6,9H2,1H3/b8-7-. The van der Waals surface area contributed by atoms with Gasteiger partial charge in [-0.25, -0.2) is 0 Å². The van der Waals surface area contributed by atoms with Gasteiger partial charge in [-0.05, 0) is 19.3 Å². The maximum Gasteiger partial charge on any atom is 0.0434 e. The predicted octanol–water partition coefficient (Wildman–Crippen LogP) is 2.84. The van der Waals surface area contributed by atoms with Crippen molar-refractivity contribution in [3.05, 3.63) is 36.5 Å². The Balaban J connectivity index is 3.67. The van der Waals surface area contributed by atoms with Crippen molar-refractivity contribution in [2.75, 3.05) is 6.61 Å². The topological polar surface area (TPSA) is 20.2 Å². The summed E-state index contributed by atoms with van der Waals surface area (Å²) in [7, 11) is 0. The number of aliphatic hydroxyl groups is 1. The van der Waals surface area contributed by atoms with Crippen LogP contribution in [0.2, 0.25) is 0 Å². The van der Waals surface area contributed by atoms with Crippen LogP contribution < -0.4 is 0 Å². The fraction of sp³-hybridized carbons (Fsp3) is 0.455. The summed E-state index contributed by atoms with van der Waals surface area (Å²) in [4.78, 5) is 0. The lowest BCUT2D eigenvalue weighted by Crippen LogP contribution is -1.83. The molecule has 0 spiro atoms. The summed E-state index contributed by atoms with van der Waals surface area (Å²) in [5.41, 5.74) is 2.17. The van der Waals surface area contributed by atoms with Gasteiger partial charge in [0.05, 0.1) is 0 Å². The van der Waals surface area contributed by atoms with Gasteiger partial charge in [0.25, 0.3) is 0 Å². The minimum atomic E-state index is 0.238. The molecule has 0 radical (unpaired) electrons. The molecule has 68 valence electrons. The molecule has 0 unspecified atom stereocenters. The quantitative estimate of drug-likeness (QED) is 0.601. The Labute approximate surface area is 75.1 Å². The van der Waals surface area contributed by atoms with E-state index < -0.39 is 0 Å². The van der Waals surface area contributed by atoms with E-state index in [1.807, 2.05) is 12.2 Å². The lowest BCUT2D eigenvalue weighted by molar-refractivity contribution is 0.289. The molecular formula is C11H18O. The van der Waals surface area contributed by atoms with Crippen molar-refractivity contribution >= 4 is 0 Å². The molecule has 0 atom stereocenters. The summed E-state index contributed by atoms with van der Waals surface area (Å²) in [5, 5.41) is 8.56. The van der Waals surface area contributed by atoms with Gasteiger partial charge in [0.1, 0.15) is 0 Å². The predicted molar refractivity (Wildman–Crippen MR) is 54.0 cm³/mol. The molecule has 0 aromatic rings. The van der Waals surface area contributed by atoms with Gasteiger partial charge in [-0.1, -0.05) is 43.4 Å². The highest BCUT2D eigenvalue weighted by molar-refractivity contribution is 5.23. The second-order valence-electron chi connectivity index (χ2n) is 2.83. The first-order valence-electron chi connectivity index (χ1n) is 4.35. The van der Waals surface area contributed by atoms with E-state index in [2.05, 4.69) is 20.1 Å². The minimum Gasteiger partial charge on any atom is -0.396 e. The summed E-state index contributed by atoms with van der Waals surface area (Å²) >= 11 is 0. The molecular weight excluding hydrogens is 148 g/mol. The van der Waals surface area contributed by atoms with Gasteiger partial charge in [-0.2, -0.15) is 0 Å². The van der Waals surface area contributed by atoms with Crippen LogP contribution in [0.5, 0.6) is 0 Å². The number of aliphatic hydroxyl groups excluding tert-OH is 1. The Bertz CT molecular complexity index is 177. The molecule has 0 aliphatic rings. The average molecular weight is 166 g/mol. The van der Waals surface area contributed by atoms with Crippen LogP contribution in [0.15, 0.2) is 36.5 Å². The van der Waals surface area contributed by atoms with Crippen LogP contribution in [0.3, 0.4) is 0 Å². The monoisotopic (exact) mass is 166 g/mol. The molecule has 0 aromatic carbocycles. The largest absolute Gasteiger partial charge is 0.396 e. The maximum atomic E-state index is 8.56. The molecule has 0 fully saturated rings. The third-order valence-electron chi connectivity index (χ3n) is 1.66. The third kappa shape index (κ3) is 5.93. The molecule has 1 nitrogen and oxygen atoms in total. The highest BCUT2D eigenvalue weighted by Gasteiger charge is 1.88. The SMILES string of the molecule is C=C(/C=C\C(=C)CCCO)CC. The van der Waals surface area contributed by atoms with Gasteiger partial charge >= 0.3 is 0 Å². The Kier molecular flexibility index (Phi) is 6.39. The molecule has 0 aromatic heterocycles. The molecule has 1 heteroatoms. The van der Waals surface area contributed by atoms with Crippen LogP contribution in [-0.2, 0) is 0 Å². The second-order valence-corrected chi connectivity index (χ2v) is 2.83. The maximum absolute atomic E-state index is 8.56. The van der Waals surface area contributed by atoms with Crippen molar-refractivity contribution in [3.63, 3.8) is 0 Å². The molecule has 0 aliphatic heterocycles. The van der Waals surface area contributed by atoms with Crippen molar-refractivity contribution < 1.29 is 5.11 Å². The van der Waals surface area contributed by atoms with Gasteiger partial charge in [0.2, 0.25) is 0 Å². The van der Waals surface area contributed by atoms with Crippen molar-refractivity contribution in [1.82, 2.24) is 0 Å². The van der Waals surface area contributed by atoms with E-state index in [4.69, 9.17) is 5.11 Å². The van der Waals surface area contributed by atoms with E-state index in [0.29, 0.717) is 0 Å². The fourth-order valence-electron chi connectivity index (χ4n) is 0.743. The number of hydrogen-bond acceptors (Lipinski definition) is 1. The second kappa shape index (κ2) is 6.86. The fourth-order valence-corrected chi connectivity index (χ4v) is 0.743. The first kappa shape index (κ1) is 11.2. The van der Waals surface area contributed by atoms with E-state index in [1.165, 1.54) is 0 Å². The smallest absolute Gasteiger partial charge is 0.0434 e. The molecule has 0 rings (SSSR count). The Morgan fingerprint density at radius 1 is 1.25 bits per heavy atom. The normalized spacial score (nSPS) is 10.5. The molecule has 1 N–H and O–H groups in total. The first-order chi connectivity index (χ1) is 5.70. The zero-order chi connectivity index (χ0) is 9.40. The highest BCUT2D eigenvalue weighted by Crippen LogP contribution is 2.06. The van der Waals surface area contributed by atoms with E-state index in [-0.39, 0.29) is 6.61 Å². The molecule has 12 heavy (non-hydrogen) atoms. The molecule has 0 aliphatic carbocycles. The highest BCUT2D eigenvalue weighted by atomic mass is 16.2. The van der Waals surface area contributed by atoms with Crippen LogP contribution in [-0.4, -0.2) is 11.7 Å². The number of hydrogen-bond donors (Lipinski definition) is 1. The van der Waals surface area contributed by atoms with Gasteiger partial charge in [0, 0.05) is 6.61 Å². The van der Waals surface area contributed by atoms with Crippen molar-refractivity contribution in [1.29, 1.82) is 0 Å². The van der Waals surface area contributed by atoms with Gasteiger partial charge in [0.15, 0.2) is 0 Å². The van der Waals surface area contributed by atoms with Gasteiger partial charge in [-0.15, -0.1) is 0 Å². The molecule has 0 amide bonds. The van der Waals surface area contributed by atoms with Gasteiger partial charge in [-0.3, -0.25) is 0 Å². The van der Waals surface area contributed by atoms with Crippen molar-refractivity contribution in [2.24, 2.45) is 0 Å². The Morgan fingerprint density at radius 2 is 1.83 bits per heavy atom. The summed E-state index contributed by atoms with van der Waals surface area (Å²) in [5.74, 6) is 0. The Hall–Kier alpha value is -0.820. The van der Waals surface area contributed by atoms with Crippen LogP contribution in [0.1, 0.15) is 26.2 Å². The lowest BCUT2D eigenvalue weighted by atomic mass is 10.1. The molecule has 0 bridgehead atoms. The van der Waals surface area contributed by atoms with E-state index in [1.54, 1.807) is 0 Å². The lowest BCUT2D eigenvalue weighted by Gasteiger charge is -1.97. The van der Waals surface area contributed by atoms with Crippen LogP contribution in [0, 0.1) is 0 Å². The van der Waals surface area contributed by atoms with E-state index in [9.17, 15) is 0 Å². The zero-order valence-corrected chi connectivity index (χ0v) is 7.84. The first-order valence-corrected chi connectivity index (χ1v) is 4.35. The van der Waals surface area contributed by atoms with Gasteiger partial charge < -0.3 is 5.11 Å². The number of rotatable bonds is 6. The third-order valence-corrected chi connectivity index (χ3v) is 1.66. The molecule has 0 saturated heterocycles. The summed E-state index contributed by atoms with van der Waals surface area (Å²) in [6.07, 6.45) is 6.59. The van der Waals surface area contributed by atoms with Crippen molar-refractivity contribution in [3.8, 4) is 0 Å². The minimum absolute atomic E-state index is 0.238. The number of allylic oxidation sites excluding steroid dienone is 4. The summed E-state index contributed by atoms with van der Waals surface area (Å²) in [6, 6.07) is 0. The van der Waals surface area contributed by atoms with Crippen LogP contribution in [0.25, 0.3) is 0 Å². The molecule has 0 heterocycles. The van der Waals surface area contributed by atoms with E-state index in [0.717, 1.165) is 30.4 Å². The molecule has 0 saturated carbocycles. The average Bonchev–Trinajstić information content (AvgIpc) is 2.10. The Morgan fingerprint density at radius 3 is 2.33 bits per heavy atom. The van der Waals surface area contributed by atoms with Crippen LogP contribution in [0.4, 0.5) is 0 Å². The summed E-state index contributed by atoms with van der Waals surface area (Å²) in [6.45, 7) is 10.0.